The molecular formula is C18H18N4O2S. The molecule has 0 saturated carbocycles. The Balaban J connectivity index is 1.85. The van der Waals surface area contributed by atoms with Crippen molar-refractivity contribution in [2.75, 3.05) is 10.6 Å². The van der Waals surface area contributed by atoms with Crippen molar-refractivity contribution in [2.45, 2.75) is 13.8 Å². The largest absolute Gasteiger partial charge is 0.321 e. The van der Waals surface area contributed by atoms with Crippen molar-refractivity contribution in [1.29, 1.82) is 0 Å². The summed E-state index contributed by atoms with van der Waals surface area (Å²) in [6.07, 6.45) is 0. The van der Waals surface area contributed by atoms with Gasteiger partial charge in [-0.25, -0.2) is 0 Å². The zero-order valence-corrected chi connectivity index (χ0v) is 15.0. The molecule has 0 bridgehead atoms. The Morgan fingerprint density at radius 3 is 2.44 bits per heavy atom. The van der Waals surface area contributed by atoms with Crippen LogP contribution in [-0.4, -0.2) is 21.6 Å². The summed E-state index contributed by atoms with van der Waals surface area (Å²) in [7, 11) is 1.83. The Hall–Kier alpha value is -2.93. The van der Waals surface area contributed by atoms with E-state index in [1.807, 2.05) is 32.3 Å². The topological polar surface area (TPSA) is 76.0 Å². The molecule has 2 amide bonds. The van der Waals surface area contributed by atoms with Gasteiger partial charge < -0.3 is 10.6 Å². The van der Waals surface area contributed by atoms with Gasteiger partial charge in [-0.3, -0.25) is 14.3 Å². The normalized spacial score (nSPS) is 10.5. The molecule has 2 heterocycles. The molecule has 0 atom stereocenters. The molecule has 3 rings (SSSR count). The lowest BCUT2D eigenvalue weighted by molar-refractivity contribution is 0.102. The van der Waals surface area contributed by atoms with E-state index in [4.69, 9.17) is 0 Å². The summed E-state index contributed by atoms with van der Waals surface area (Å²) in [5.74, 6) is -0.523. The van der Waals surface area contributed by atoms with Gasteiger partial charge in [0.1, 0.15) is 0 Å². The number of nitrogens with zero attached hydrogens (tertiary/aromatic N) is 2. The van der Waals surface area contributed by atoms with E-state index in [9.17, 15) is 9.59 Å². The maximum absolute atomic E-state index is 12.7. The fourth-order valence-electron chi connectivity index (χ4n) is 2.52. The lowest BCUT2D eigenvalue weighted by Gasteiger charge is -2.11. The van der Waals surface area contributed by atoms with Crippen LogP contribution in [0, 0.1) is 13.8 Å². The highest BCUT2D eigenvalue weighted by atomic mass is 32.1. The van der Waals surface area contributed by atoms with E-state index in [0.29, 0.717) is 21.8 Å². The van der Waals surface area contributed by atoms with Gasteiger partial charge in [0.05, 0.1) is 33.2 Å². The lowest BCUT2D eigenvalue weighted by Crippen LogP contribution is -2.18. The average molecular weight is 354 g/mol. The van der Waals surface area contributed by atoms with Crippen LogP contribution in [0.15, 0.2) is 41.8 Å². The van der Waals surface area contributed by atoms with Gasteiger partial charge in [-0.2, -0.15) is 5.10 Å². The summed E-state index contributed by atoms with van der Waals surface area (Å²) in [6, 6.07) is 10.5. The number of hydrogen-bond acceptors (Lipinski definition) is 4. The average Bonchev–Trinajstić information content (AvgIpc) is 3.20. The van der Waals surface area contributed by atoms with Gasteiger partial charge >= 0.3 is 0 Å². The molecule has 7 heteroatoms. The summed E-state index contributed by atoms with van der Waals surface area (Å²) in [5.41, 5.74) is 3.17. The molecule has 3 aromatic rings. The molecule has 0 saturated heterocycles. The van der Waals surface area contributed by atoms with Gasteiger partial charge in [0, 0.05) is 7.05 Å². The minimum absolute atomic E-state index is 0.232. The number of nitrogens with one attached hydrogen (secondary N) is 2. The van der Waals surface area contributed by atoms with E-state index in [1.165, 1.54) is 11.3 Å². The second-order valence-electron chi connectivity index (χ2n) is 5.60. The minimum atomic E-state index is -0.290. The number of carbonyl (C=O) groups is 2. The molecule has 6 nitrogen and oxygen atoms in total. The van der Waals surface area contributed by atoms with Crippen LogP contribution in [-0.2, 0) is 7.05 Å². The first kappa shape index (κ1) is 16.9. The molecule has 0 radical (unpaired) electrons. The zero-order chi connectivity index (χ0) is 18.0. The molecule has 128 valence electrons. The molecule has 1 aromatic carbocycles. The van der Waals surface area contributed by atoms with Crippen LogP contribution in [0.1, 0.15) is 31.4 Å². The zero-order valence-electron chi connectivity index (χ0n) is 14.2. The third kappa shape index (κ3) is 3.46. The first-order valence-corrected chi connectivity index (χ1v) is 8.60. The SMILES string of the molecule is Cc1nn(C)c(C)c1NC(=O)c1ccccc1NC(=O)c1cccs1. The van der Waals surface area contributed by atoms with Crippen molar-refractivity contribution in [3.63, 3.8) is 0 Å². The van der Waals surface area contributed by atoms with Crippen LogP contribution in [0.5, 0.6) is 0 Å². The summed E-state index contributed by atoms with van der Waals surface area (Å²) in [6.45, 7) is 3.73. The highest BCUT2D eigenvalue weighted by Gasteiger charge is 2.17. The number of thiophene rings is 1. The van der Waals surface area contributed by atoms with Gasteiger partial charge in [0.2, 0.25) is 0 Å². The number of para-hydroxylation sites is 1. The van der Waals surface area contributed by atoms with E-state index in [0.717, 1.165) is 11.4 Å². The highest BCUT2D eigenvalue weighted by Crippen LogP contribution is 2.22. The molecular weight excluding hydrogens is 336 g/mol. The van der Waals surface area contributed by atoms with Crippen LogP contribution in [0.2, 0.25) is 0 Å². The van der Waals surface area contributed by atoms with Crippen LogP contribution in [0.3, 0.4) is 0 Å². The number of aromatic nitrogens is 2. The van der Waals surface area contributed by atoms with E-state index in [2.05, 4.69) is 15.7 Å². The number of hydrogen-bond donors (Lipinski definition) is 2. The fourth-order valence-corrected chi connectivity index (χ4v) is 3.14. The minimum Gasteiger partial charge on any atom is -0.321 e. The van der Waals surface area contributed by atoms with Gasteiger partial charge in [0.15, 0.2) is 0 Å². The van der Waals surface area contributed by atoms with E-state index in [-0.39, 0.29) is 11.8 Å². The molecule has 0 aliphatic heterocycles. The number of rotatable bonds is 4. The van der Waals surface area contributed by atoms with Crippen LogP contribution >= 0.6 is 11.3 Å². The van der Waals surface area contributed by atoms with Gasteiger partial charge in [-0.05, 0) is 37.4 Å². The quantitative estimate of drug-likeness (QED) is 0.751. The standard InChI is InChI=1S/C18H18N4O2S/c1-11-16(12(2)22(3)21-11)20-17(23)13-7-4-5-8-14(13)19-18(24)15-9-6-10-25-15/h4-10H,1-3H3,(H,19,24)(H,20,23). The van der Waals surface area contributed by atoms with Crippen LogP contribution in [0.25, 0.3) is 0 Å². The smallest absolute Gasteiger partial charge is 0.265 e. The predicted octanol–water partition coefficient (Wildman–Crippen LogP) is 3.60. The third-order valence-electron chi connectivity index (χ3n) is 3.91. The second-order valence-corrected chi connectivity index (χ2v) is 6.55. The molecule has 0 aliphatic rings. The Morgan fingerprint density at radius 1 is 1.04 bits per heavy atom. The van der Waals surface area contributed by atoms with Crippen molar-refractivity contribution < 1.29 is 9.59 Å². The van der Waals surface area contributed by atoms with Gasteiger partial charge in [-0.1, -0.05) is 18.2 Å². The number of carbonyl (C=O) groups excluding carboxylic acids is 2. The van der Waals surface area contributed by atoms with Crippen molar-refractivity contribution >= 4 is 34.5 Å². The number of amides is 2. The van der Waals surface area contributed by atoms with E-state index >= 15 is 0 Å². The summed E-state index contributed by atoms with van der Waals surface area (Å²) in [5, 5.41) is 11.8. The van der Waals surface area contributed by atoms with Crippen molar-refractivity contribution in [3.05, 3.63) is 63.6 Å². The molecule has 0 aliphatic carbocycles. The Bertz CT molecular complexity index is 929. The summed E-state index contributed by atoms with van der Waals surface area (Å²) < 4.78 is 1.72. The first-order valence-electron chi connectivity index (χ1n) is 7.73. The summed E-state index contributed by atoms with van der Waals surface area (Å²) >= 11 is 1.35. The molecule has 0 fully saturated rings. The maximum atomic E-state index is 12.7. The van der Waals surface area contributed by atoms with E-state index < -0.39 is 0 Å². The molecule has 0 unspecified atom stereocenters. The lowest BCUT2D eigenvalue weighted by atomic mass is 10.1. The molecule has 25 heavy (non-hydrogen) atoms. The number of benzene rings is 1. The molecule has 0 spiro atoms. The van der Waals surface area contributed by atoms with Gasteiger partial charge in [-0.15, -0.1) is 11.3 Å². The molecule has 2 aromatic heterocycles. The number of aryl methyl sites for hydroxylation is 2. The van der Waals surface area contributed by atoms with E-state index in [1.54, 1.807) is 35.0 Å². The highest BCUT2D eigenvalue weighted by molar-refractivity contribution is 7.12. The summed E-state index contributed by atoms with van der Waals surface area (Å²) in [4.78, 5) is 25.6. The van der Waals surface area contributed by atoms with Crippen molar-refractivity contribution in [1.82, 2.24) is 9.78 Å². The Morgan fingerprint density at radius 2 is 1.80 bits per heavy atom. The molecule has 2 N–H and O–H groups in total. The van der Waals surface area contributed by atoms with Crippen LogP contribution < -0.4 is 10.6 Å². The van der Waals surface area contributed by atoms with Gasteiger partial charge in [0.25, 0.3) is 11.8 Å². The Labute approximate surface area is 149 Å². The van der Waals surface area contributed by atoms with Crippen LogP contribution in [0.4, 0.5) is 11.4 Å². The monoisotopic (exact) mass is 354 g/mol. The maximum Gasteiger partial charge on any atom is 0.265 e. The Kier molecular flexibility index (Phi) is 4.67. The first-order chi connectivity index (χ1) is 12.0. The predicted molar refractivity (Wildman–Crippen MR) is 99.3 cm³/mol. The third-order valence-corrected chi connectivity index (χ3v) is 4.78. The van der Waals surface area contributed by atoms with Crippen molar-refractivity contribution in [2.24, 2.45) is 7.05 Å². The fraction of sp³-hybridized carbons (Fsp3) is 0.167. The second kappa shape index (κ2) is 6.90. The van der Waals surface area contributed by atoms with Crippen molar-refractivity contribution in [3.8, 4) is 0 Å². The number of anilines is 2.